The highest BCUT2D eigenvalue weighted by Gasteiger charge is 2.16. The summed E-state index contributed by atoms with van der Waals surface area (Å²) in [6, 6.07) is 3.93. The monoisotopic (exact) mass is 261 g/mol. The molecule has 7 heteroatoms. The van der Waals surface area contributed by atoms with E-state index in [1.807, 2.05) is 5.48 Å². The fourth-order valence-corrected chi connectivity index (χ4v) is 1.25. The number of hydrogen-bond acceptors (Lipinski definition) is 5. The molecule has 0 fully saturated rings. The number of hydrogen-bond donors (Lipinski definition) is 2. The van der Waals surface area contributed by atoms with Crippen LogP contribution in [0.1, 0.15) is 17.3 Å². The lowest BCUT2D eigenvalue weighted by molar-refractivity contribution is 0.0508. The number of carbonyl (C=O) groups excluding carboxylic acids is 1. The van der Waals surface area contributed by atoms with Crippen molar-refractivity contribution in [2.75, 3.05) is 18.7 Å². The third-order valence-corrected chi connectivity index (χ3v) is 1.97. The molecule has 2 N–H and O–H groups in total. The van der Waals surface area contributed by atoms with Gasteiger partial charge in [-0.05, 0) is 25.1 Å². The van der Waals surface area contributed by atoms with Crippen LogP contribution in [0.5, 0.6) is 5.75 Å². The normalized spacial score (nSPS) is 10.3. The van der Waals surface area contributed by atoms with Crippen molar-refractivity contribution in [3.05, 3.63) is 23.8 Å². The van der Waals surface area contributed by atoms with Crippen LogP contribution < -0.4 is 10.2 Å². The minimum Gasteiger partial charge on any atom is -0.487 e. The summed E-state index contributed by atoms with van der Waals surface area (Å²) >= 11 is 0. The summed E-state index contributed by atoms with van der Waals surface area (Å²) in [5.41, 5.74) is 2.04. The lowest BCUT2D eigenvalue weighted by Gasteiger charge is -2.11. The fourth-order valence-electron chi connectivity index (χ4n) is 1.25. The van der Waals surface area contributed by atoms with Crippen molar-refractivity contribution in [1.82, 2.24) is 0 Å². The topological polar surface area (TPSA) is 67.8 Å². The van der Waals surface area contributed by atoms with E-state index < -0.39 is 19.0 Å². The molecule has 1 rings (SSSR count). The molecule has 1 aromatic carbocycles. The van der Waals surface area contributed by atoms with Crippen molar-refractivity contribution in [2.24, 2.45) is 0 Å². The van der Waals surface area contributed by atoms with Crippen molar-refractivity contribution < 1.29 is 28.3 Å². The molecular weight excluding hydrogens is 248 g/mol. The number of esters is 1. The molecule has 0 atom stereocenters. The minimum absolute atomic E-state index is 0.0206. The molecule has 0 aliphatic heterocycles. The number of benzene rings is 1. The van der Waals surface area contributed by atoms with Gasteiger partial charge in [-0.25, -0.2) is 13.6 Å². The number of ether oxygens (including phenoxy) is 2. The molecule has 0 aliphatic rings. The molecule has 0 unspecified atom stereocenters. The summed E-state index contributed by atoms with van der Waals surface area (Å²) in [5.74, 6) is -0.730. The number of alkyl halides is 2. The quantitative estimate of drug-likeness (QED) is 0.607. The molecule has 0 bridgehead atoms. The Morgan fingerprint density at radius 1 is 1.50 bits per heavy atom. The highest BCUT2D eigenvalue weighted by Crippen LogP contribution is 2.24. The predicted octanol–water partition coefficient (Wildman–Crippen LogP) is 2.31. The van der Waals surface area contributed by atoms with Gasteiger partial charge < -0.3 is 9.47 Å². The van der Waals surface area contributed by atoms with Gasteiger partial charge in [0.05, 0.1) is 12.3 Å². The van der Waals surface area contributed by atoms with Crippen molar-refractivity contribution in [3.8, 4) is 5.75 Å². The van der Waals surface area contributed by atoms with Gasteiger partial charge in [-0.1, -0.05) is 0 Å². The van der Waals surface area contributed by atoms with Gasteiger partial charge in [0.2, 0.25) is 0 Å². The SMILES string of the molecule is CCOC(=O)c1cc(NO)ccc1OCC(F)F. The minimum atomic E-state index is -2.64. The van der Waals surface area contributed by atoms with Gasteiger partial charge in [-0.2, -0.15) is 0 Å². The third-order valence-electron chi connectivity index (χ3n) is 1.97. The van der Waals surface area contributed by atoms with Crippen molar-refractivity contribution in [2.45, 2.75) is 13.3 Å². The van der Waals surface area contributed by atoms with E-state index in [1.165, 1.54) is 18.2 Å². The maximum atomic E-state index is 12.1. The molecule has 18 heavy (non-hydrogen) atoms. The molecule has 1 aromatic rings. The van der Waals surface area contributed by atoms with E-state index in [2.05, 4.69) is 0 Å². The van der Waals surface area contributed by atoms with Crippen molar-refractivity contribution in [3.63, 3.8) is 0 Å². The van der Waals surface area contributed by atoms with E-state index in [1.54, 1.807) is 6.92 Å². The van der Waals surface area contributed by atoms with Gasteiger partial charge in [0.25, 0.3) is 6.43 Å². The molecule has 0 spiro atoms. The second-order valence-corrected chi connectivity index (χ2v) is 3.25. The molecular formula is C11H13F2NO4. The Labute approximate surface area is 102 Å². The predicted molar refractivity (Wildman–Crippen MR) is 59.3 cm³/mol. The average molecular weight is 261 g/mol. The van der Waals surface area contributed by atoms with Crippen molar-refractivity contribution in [1.29, 1.82) is 0 Å². The molecule has 0 aliphatic carbocycles. The lowest BCUT2D eigenvalue weighted by atomic mass is 10.2. The zero-order valence-electron chi connectivity index (χ0n) is 9.65. The van der Waals surface area contributed by atoms with Crippen molar-refractivity contribution >= 4 is 11.7 Å². The number of carbonyl (C=O) groups is 1. The summed E-state index contributed by atoms with van der Waals surface area (Å²) in [5, 5.41) is 8.72. The number of nitrogens with one attached hydrogen (secondary N) is 1. The Bertz CT molecular complexity index is 412. The van der Waals surface area contributed by atoms with Gasteiger partial charge in [0.15, 0.2) is 0 Å². The van der Waals surface area contributed by atoms with E-state index >= 15 is 0 Å². The first-order valence-corrected chi connectivity index (χ1v) is 5.20. The van der Waals surface area contributed by atoms with Gasteiger partial charge >= 0.3 is 5.97 Å². The van der Waals surface area contributed by atoms with Crippen LogP contribution in [0, 0.1) is 0 Å². The Morgan fingerprint density at radius 2 is 2.22 bits per heavy atom. The first-order chi connectivity index (χ1) is 8.58. The van der Waals surface area contributed by atoms with E-state index in [-0.39, 0.29) is 23.6 Å². The highest BCUT2D eigenvalue weighted by molar-refractivity contribution is 5.93. The zero-order valence-corrected chi connectivity index (χ0v) is 9.65. The Hall–Kier alpha value is -1.89. The number of halogens is 2. The van der Waals surface area contributed by atoms with Crippen LogP contribution in [0.4, 0.5) is 14.5 Å². The van der Waals surface area contributed by atoms with Crippen LogP contribution in [-0.2, 0) is 4.74 Å². The summed E-state index contributed by atoms with van der Waals surface area (Å²) in [6.07, 6.45) is -2.64. The molecule has 0 aromatic heterocycles. The molecule has 5 nitrogen and oxygen atoms in total. The summed E-state index contributed by atoms with van der Waals surface area (Å²) < 4.78 is 33.7. The Morgan fingerprint density at radius 3 is 2.78 bits per heavy atom. The standard InChI is InChI=1S/C11H13F2NO4/c1-2-17-11(15)8-5-7(14-16)3-4-9(8)18-6-10(12)13/h3-5,10,14,16H,2,6H2,1H3. The Balaban J connectivity index is 2.96. The largest absolute Gasteiger partial charge is 0.487 e. The summed E-state index contributed by atoms with van der Waals surface area (Å²) in [4.78, 5) is 11.6. The van der Waals surface area contributed by atoms with Crippen LogP contribution >= 0.6 is 0 Å². The van der Waals surface area contributed by atoms with Gasteiger partial charge in [0, 0.05) is 0 Å². The third kappa shape index (κ3) is 3.85. The summed E-state index contributed by atoms with van der Waals surface area (Å²) in [6.45, 7) is 0.938. The maximum Gasteiger partial charge on any atom is 0.341 e. The van der Waals surface area contributed by atoms with E-state index in [0.29, 0.717) is 0 Å². The first kappa shape index (κ1) is 14.2. The van der Waals surface area contributed by atoms with Gasteiger partial charge in [0.1, 0.15) is 17.9 Å². The first-order valence-electron chi connectivity index (χ1n) is 5.20. The fraction of sp³-hybridized carbons (Fsp3) is 0.364. The Kier molecular flexibility index (Phi) is 5.31. The molecule has 0 amide bonds. The van der Waals surface area contributed by atoms with E-state index in [0.717, 1.165) is 0 Å². The molecule has 100 valence electrons. The van der Waals surface area contributed by atoms with Crippen LogP contribution in [0.15, 0.2) is 18.2 Å². The van der Waals surface area contributed by atoms with Gasteiger partial charge in [-0.15, -0.1) is 0 Å². The summed E-state index contributed by atoms with van der Waals surface area (Å²) in [7, 11) is 0. The van der Waals surface area contributed by atoms with Crippen LogP contribution in [0.3, 0.4) is 0 Å². The lowest BCUT2D eigenvalue weighted by Crippen LogP contribution is -2.12. The number of rotatable bonds is 6. The highest BCUT2D eigenvalue weighted by atomic mass is 19.3. The molecule has 0 saturated carbocycles. The van der Waals surface area contributed by atoms with E-state index in [4.69, 9.17) is 14.7 Å². The second-order valence-electron chi connectivity index (χ2n) is 3.25. The second kappa shape index (κ2) is 6.75. The van der Waals surface area contributed by atoms with Crippen LogP contribution in [-0.4, -0.2) is 30.8 Å². The van der Waals surface area contributed by atoms with Crippen LogP contribution in [0.2, 0.25) is 0 Å². The van der Waals surface area contributed by atoms with Crippen LogP contribution in [0.25, 0.3) is 0 Å². The molecule has 0 radical (unpaired) electrons. The molecule has 0 heterocycles. The maximum absolute atomic E-state index is 12.1. The average Bonchev–Trinajstić information content (AvgIpc) is 2.36. The van der Waals surface area contributed by atoms with Gasteiger partial charge in [-0.3, -0.25) is 10.7 Å². The zero-order chi connectivity index (χ0) is 13.5. The smallest absolute Gasteiger partial charge is 0.341 e. The molecule has 0 saturated heterocycles. The number of anilines is 1. The van der Waals surface area contributed by atoms with E-state index in [9.17, 15) is 13.6 Å².